The topological polar surface area (TPSA) is 79.0 Å². The summed E-state index contributed by atoms with van der Waals surface area (Å²) in [5.74, 6) is 1.92. The zero-order valence-corrected chi connectivity index (χ0v) is 11.9. The predicted molar refractivity (Wildman–Crippen MR) is 72.7 cm³/mol. The van der Waals surface area contributed by atoms with E-state index in [9.17, 15) is 13.2 Å². The molecule has 0 radical (unpaired) electrons. The number of pyridine rings is 1. The molecule has 0 unspecified atom stereocenters. The molecule has 0 bridgehead atoms. The molecule has 1 aromatic rings. The largest absolute Gasteiger partial charge is 0.326 e. The number of halogens is 1. The first kappa shape index (κ1) is 13.9. The minimum absolute atomic E-state index is 0.00896. The Hall–Kier alpha value is -0.500. The minimum atomic E-state index is -3.61. The van der Waals surface area contributed by atoms with Crippen LogP contribution in [0.4, 0.5) is 0 Å². The van der Waals surface area contributed by atoms with E-state index in [4.69, 9.17) is 11.6 Å². The summed E-state index contributed by atoms with van der Waals surface area (Å²) in [6.45, 7) is 0. The molecule has 1 aliphatic heterocycles. The fourth-order valence-electron chi connectivity index (χ4n) is 1.70. The molecule has 2 heterocycles. The molecule has 0 aliphatic carbocycles. The standard InChI is InChI=1S/C10H13ClN2O3S2/c11-9-5-8(6-12-10(9)14)18(15,16)13-7-1-3-17-4-2-7/h5-7,13H,1-4H2,(H,12,14). The van der Waals surface area contributed by atoms with Crippen molar-refractivity contribution in [1.82, 2.24) is 9.71 Å². The van der Waals surface area contributed by atoms with Gasteiger partial charge in [-0.3, -0.25) is 4.79 Å². The second-order valence-corrected chi connectivity index (χ2v) is 7.37. The molecule has 2 rings (SSSR count). The number of hydrogen-bond donors (Lipinski definition) is 2. The van der Waals surface area contributed by atoms with Gasteiger partial charge in [-0.05, 0) is 30.4 Å². The molecule has 0 amide bonds. The average Bonchev–Trinajstić information content (AvgIpc) is 2.33. The minimum Gasteiger partial charge on any atom is -0.326 e. The molecule has 18 heavy (non-hydrogen) atoms. The third-order valence-electron chi connectivity index (χ3n) is 2.68. The first-order chi connectivity index (χ1) is 8.49. The van der Waals surface area contributed by atoms with Gasteiger partial charge >= 0.3 is 0 Å². The van der Waals surface area contributed by atoms with Crippen LogP contribution in [0.15, 0.2) is 22.0 Å². The van der Waals surface area contributed by atoms with Gasteiger partial charge in [-0.25, -0.2) is 13.1 Å². The summed E-state index contributed by atoms with van der Waals surface area (Å²) in [6, 6.07) is 1.13. The molecule has 100 valence electrons. The zero-order chi connectivity index (χ0) is 13.2. The number of H-pyrrole nitrogens is 1. The summed E-state index contributed by atoms with van der Waals surface area (Å²) in [4.78, 5) is 13.4. The van der Waals surface area contributed by atoms with Crippen LogP contribution < -0.4 is 10.3 Å². The van der Waals surface area contributed by atoms with E-state index in [-0.39, 0.29) is 16.0 Å². The van der Waals surface area contributed by atoms with E-state index in [1.165, 1.54) is 6.07 Å². The van der Waals surface area contributed by atoms with E-state index in [1.54, 1.807) is 0 Å². The zero-order valence-electron chi connectivity index (χ0n) is 9.48. The Balaban J connectivity index is 2.19. The Kier molecular flexibility index (Phi) is 4.37. The summed E-state index contributed by atoms with van der Waals surface area (Å²) < 4.78 is 26.8. The van der Waals surface area contributed by atoms with Crippen LogP contribution in [0.25, 0.3) is 0 Å². The molecule has 0 spiro atoms. The molecule has 0 saturated carbocycles. The van der Waals surface area contributed by atoms with Gasteiger partial charge in [-0.15, -0.1) is 0 Å². The number of hydrogen-bond acceptors (Lipinski definition) is 4. The highest BCUT2D eigenvalue weighted by Gasteiger charge is 2.22. The monoisotopic (exact) mass is 308 g/mol. The SMILES string of the molecule is O=c1[nH]cc(S(=O)(=O)NC2CCSCC2)cc1Cl. The molecule has 0 aromatic carbocycles. The van der Waals surface area contributed by atoms with Crippen LogP contribution in [0.3, 0.4) is 0 Å². The summed E-state index contributed by atoms with van der Waals surface area (Å²) in [5.41, 5.74) is -0.496. The van der Waals surface area contributed by atoms with Crippen LogP contribution in [-0.2, 0) is 10.0 Å². The molecule has 2 N–H and O–H groups in total. The Morgan fingerprint density at radius 1 is 1.39 bits per heavy atom. The second kappa shape index (κ2) is 5.64. The maximum atomic E-state index is 12.1. The van der Waals surface area contributed by atoms with Crippen molar-refractivity contribution in [2.75, 3.05) is 11.5 Å². The van der Waals surface area contributed by atoms with E-state index in [0.29, 0.717) is 0 Å². The van der Waals surface area contributed by atoms with Gasteiger partial charge in [0.15, 0.2) is 0 Å². The van der Waals surface area contributed by atoms with Crippen molar-refractivity contribution < 1.29 is 8.42 Å². The van der Waals surface area contributed by atoms with Crippen LogP contribution in [-0.4, -0.2) is 30.9 Å². The maximum absolute atomic E-state index is 12.1. The lowest BCUT2D eigenvalue weighted by Crippen LogP contribution is -2.37. The molecule has 1 aromatic heterocycles. The molecule has 1 fully saturated rings. The summed E-state index contributed by atoms with van der Waals surface area (Å²) in [7, 11) is -3.61. The van der Waals surface area contributed by atoms with E-state index in [1.807, 2.05) is 11.8 Å². The molecular weight excluding hydrogens is 296 g/mol. The summed E-state index contributed by atoms with van der Waals surface area (Å²) in [6.07, 6.45) is 2.80. The van der Waals surface area contributed by atoms with Crippen LogP contribution in [0.2, 0.25) is 5.02 Å². The van der Waals surface area contributed by atoms with Crippen LogP contribution in [0.1, 0.15) is 12.8 Å². The van der Waals surface area contributed by atoms with E-state index in [0.717, 1.165) is 30.5 Å². The van der Waals surface area contributed by atoms with Gasteiger partial charge in [0.25, 0.3) is 5.56 Å². The van der Waals surface area contributed by atoms with Gasteiger partial charge in [0.2, 0.25) is 10.0 Å². The fourth-order valence-corrected chi connectivity index (χ4v) is 4.34. The van der Waals surface area contributed by atoms with Crippen molar-refractivity contribution >= 4 is 33.4 Å². The lowest BCUT2D eigenvalue weighted by molar-refractivity contribution is 0.528. The normalized spacial score (nSPS) is 17.8. The number of aromatic amines is 1. The van der Waals surface area contributed by atoms with E-state index < -0.39 is 15.6 Å². The lowest BCUT2D eigenvalue weighted by atomic mass is 10.2. The molecular formula is C10H13ClN2O3S2. The van der Waals surface area contributed by atoms with Crippen molar-refractivity contribution in [2.45, 2.75) is 23.8 Å². The third kappa shape index (κ3) is 3.28. The van der Waals surface area contributed by atoms with Crippen molar-refractivity contribution in [2.24, 2.45) is 0 Å². The van der Waals surface area contributed by atoms with Crippen molar-refractivity contribution in [3.8, 4) is 0 Å². The Morgan fingerprint density at radius 3 is 2.67 bits per heavy atom. The van der Waals surface area contributed by atoms with E-state index in [2.05, 4.69) is 9.71 Å². The highest BCUT2D eigenvalue weighted by atomic mass is 35.5. The third-order valence-corrected chi connectivity index (χ3v) is 5.51. The van der Waals surface area contributed by atoms with Crippen LogP contribution >= 0.6 is 23.4 Å². The molecule has 8 heteroatoms. The highest BCUT2D eigenvalue weighted by Crippen LogP contribution is 2.19. The van der Waals surface area contributed by atoms with Gasteiger partial charge in [-0.1, -0.05) is 11.6 Å². The number of sulfonamides is 1. The highest BCUT2D eigenvalue weighted by molar-refractivity contribution is 7.99. The quantitative estimate of drug-likeness (QED) is 0.879. The van der Waals surface area contributed by atoms with E-state index >= 15 is 0 Å². The van der Waals surface area contributed by atoms with Crippen molar-refractivity contribution in [1.29, 1.82) is 0 Å². The molecule has 0 atom stereocenters. The molecule has 1 aliphatic rings. The Morgan fingerprint density at radius 2 is 2.06 bits per heavy atom. The summed E-state index contributed by atoms with van der Waals surface area (Å²) >= 11 is 7.44. The van der Waals surface area contributed by atoms with Crippen LogP contribution in [0, 0.1) is 0 Å². The first-order valence-corrected chi connectivity index (χ1v) is 8.49. The number of aromatic nitrogens is 1. The van der Waals surface area contributed by atoms with Crippen LogP contribution in [0.5, 0.6) is 0 Å². The van der Waals surface area contributed by atoms with Gasteiger partial charge < -0.3 is 4.98 Å². The smallest absolute Gasteiger partial charge is 0.266 e. The van der Waals surface area contributed by atoms with Gasteiger partial charge in [-0.2, -0.15) is 11.8 Å². The summed E-state index contributed by atoms with van der Waals surface area (Å²) in [5, 5.41) is -0.128. The Bertz CT molecular complexity index is 579. The number of rotatable bonds is 3. The van der Waals surface area contributed by atoms with Gasteiger partial charge in [0, 0.05) is 12.2 Å². The molecule has 1 saturated heterocycles. The number of thioether (sulfide) groups is 1. The maximum Gasteiger partial charge on any atom is 0.266 e. The lowest BCUT2D eigenvalue weighted by Gasteiger charge is -2.22. The fraction of sp³-hybridized carbons (Fsp3) is 0.500. The Labute approximate surface area is 114 Å². The second-order valence-electron chi connectivity index (χ2n) is 4.02. The average molecular weight is 309 g/mol. The number of nitrogens with one attached hydrogen (secondary N) is 2. The van der Waals surface area contributed by atoms with Gasteiger partial charge in [0.1, 0.15) is 5.02 Å². The molecule has 5 nitrogen and oxygen atoms in total. The first-order valence-electron chi connectivity index (χ1n) is 5.47. The predicted octanol–water partition coefficient (Wildman–Crippen LogP) is 1.20. The van der Waals surface area contributed by atoms with Crippen molar-refractivity contribution in [3.05, 3.63) is 27.6 Å². The van der Waals surface area contributed by atoms with Gasteiger partial charge in [0.05, 0.1) is 4.90 Å². The van der Waals surface area contributed by atoms with Crippen molar-refractivity contribution in [3.63, 3.8) is 0 Å².